The number of thiophene rings is 1. The third kappa shape index (κ3) is 2.80. The third-order valence-electron chi connectivity index (χ3n) is 7.04. The lowest BCUT2D eigenvalue weighted by molar-refractivity contribution is 0.360. The Labute approximate surface area is 203 Å². The highest BCUT2D eigenvalue weighted by molar-refractivity contribution is 7.13. The highest BCUT2D eigenvalue weighted by Crippen LogP contribution is 2.56. The van der Waals surface area contributed by atoms with Gasteiger partial charge in [-0.05, 0) is 69.1 Å². The molecular formula is C31H22O2S. The van der Waals surface area contributed by atoms with Crippen LogP contribution in [-0.4, -0.2) is 0 Å². The Balaban J connectivity index is 1.34. The minimum absolute atomic E-state index is 0.0747. The van der Waals surface area contributed by atoms with E-state index >= 15 is 0 Å². The van der Waals surface area contributed by atoms with E-state index in [2.05, 4.69) is 98.1 Å². The fourth-order valence-corrected chi connectivity index (χ4v) is 6.03. The molecule has 4 aromatic carbocycles. The molecule has 2 aliphatic rings. The summed E-state index contributed by atoms with van der Waals surface area (Å²) in [7, 11) is 0. The molecule has 2 heterocycles. The van der Waals surface area contributed by atoms with Gasteiger partial charge in [0.05, 0.1) is 0 Å². The molecule has 2 nitrogen and oxygen atoms in total. The first-order chi connectivity index (χ1) is 16.6. The van der Waals surface area contributed by atoms with Crippen LogP contribution in [-0.2, 0) is 5.41 Å². The van der Waals surface area contributed by atoms with Crippen molar-refractivity contribution in [1.82, 2.24) is 0 Å². The Kier molecular flexibility index (Phi) is 4.09. The van der Waals surface area contributed by atoms with Gasteiger partial charge < -0.3 is 9.47 Å². The predicted molar refractivity (Wildman–Crippen MR) is 139 cm³/mol. The summed E-state index contributed by atoms with van der Waals surface area (Å²) < 4.78 is 13.0. The van der Waals surface area contributed by atoms with Crippen LogP contribution in [0.2, 0.25) is 0 Å². The van der Waals surface area contributed by atoms with Gasteiger partial charge in [0.15, 0.2) is 23.0 Å². The largest absolute Gasteiger partial charge is 0.449 e. The number of hydrogen-bond acceptors (Lipinski definition) is 3. The summed E-state index contributed by atoms with van der Waals surface area (Å²) in [6.07, 6.45) is 0. The van der Waals surface area contributed by atoms with Crippen LogP contribution in [0.5, 0.6) is 23.0 Å². The summed E-state index contributed by atoms with van der Waals surface area (Å²) in [5.74, 6) is 3.06. The molecule has 164 valence electrons. The molecule has 7 rings (SSSR count). The normalized spacial score (nSPS) is 14.3. The van der Waals surface area contributed by atoms with E-state index in [1.807, 2.05) is 12.1 Å². The summed E-state index contributed by atoms with van der Waals surface area (Å²) in [6.45, 7) is 4.56. The zero-order chi connectivity index (χ0) is 22.9. The van der Waals surface area contributed by atoms with E-state index in [-0.39, 0.29) is 5.41 Å². The minimum atomic E-state index is -0.0747. The van der Waals surface area contributed by atoms with Crippen LogP contribution < -0.4 is 9.47 Å². The van der Waals surface area contributed by atoms with Gasteiger partial charge in [-0.1, -0.05) is 74.5 Å². The summed E-state index contributed by atoms with van der Waals surface area (Å²) in [6, 6.07) is 31.9. The van der Waals surface area contributed by atoms with E-state index in [0.29, 0.717) is 0 Å². The monoisotopic (exact) mass is 458 g/mol. The molecule has 0 N–H and O–H groups in total. The van der Waals surface area contributed by atoms with Crippen LogP contribution in [0.1, 0.15) is 25.0 Å². The molecule has 0 atom stereocenters. The molecule has 3 heteroatoms. The van der Waals surface area contributed by atoms with Crippen molar-refractivity contribution in [3.63, 3.8) is 0 Å². The van der Waals surface area contributed by atoms with E-state index in [4.69, 9.17) is 9.47 Å². The second-order valence-corrected chi connectivity index (χ2v) is 10.4. The van der Waals surface area contributed by atoms with Crippen molar-refractivity contribution in [3.8, 4) is 55.7 Å². The smallest absolute Gasteiger partial charge is 0.177 e. The fraction of sp³-hybridized carbons (Fsp3) is 0.0968. The van der Waals surface area contributed by atoms with Crippen LogP contribution >= 0.6 is 11.3 Å². The Bertz CT molecular complexity index is 1580. The summed E-state index contributed by atoms with van der Waals surface area (Å²) in [5.41, 5.74) is 8.40. The average Bonchev–Trinajstić information content (AvgIpc) is 3.48. The maximum Gasteiger partial charge on any atom is 0.177 e. The third-order valence-corrected chi connectivity index (χ3v) is 7.96. The van der Waals surface area contributed by atoms with Crippen LogP contribution in [0.15, 0.2) is 96.4 Å². The van der Waals surface area contributed by atoms with E-state index in [1.54, 1.807) is 11.3 Å². The van der Waals surface area contributed by atoms with Gasteiger partial charge in [-0.25, -0.2) is 0 Å². The highest BCUT2D eigenvalue weighted by atomic mass is 32.1. The van der Waals surface area contributed by atoms with Gasteiger partial charge >= 0.3 is 0 Å². The summed E-state index contributed by atoms with van der Waals surface area (Å²) >= 11 is 1.75. The Morgan fingerprint density at radius 3 is 2.26 bits per heavy atom. The summed E-state index contributed by atoms with van der Waals surface area (Å²) in [4.78, 5) is 1.26. The minimum Gasteiger partial charge on any atom is -0.449 e. The average molecular weight is 459 g/mol. The molecule has 1 aliphatic heterocycles. The first-order valence-corrected chi connectivity index (χ1v) is 12.4. The molecule has 0 saturated carbocycles. The molecule has 1 aromatic heterocycles. The Morgan fingerprint density at radius 1 is 0.588 bits per heavy atom. The second-order valence-electron chi connectivity index (χ2n) is 9.41. The van der Waals surface area contributed by atoms with Gasteiger partial charge in [-0.3, -0.25) is 0 Å². The van der Waals surface area contributed by atoms with Gasteiger partial charge in [-0.15, -0.1) is 11.3 Å². The van der Waals surface area contributed by atoms with Crippen molar-refractivity contribution in [2.45, 2.75) is 19.3 Å². The number of benzene rings is 4. The molecule has 0 unspecified atom stereocenters. The number of fused-ring (bicyclic) bond motifs is 5. The van der Waals surface area contributed by atoms with Crippen LogP contribution in [0.3, 0.4) is 0 Å². The van der Waals surface area contributed by atoms with Crippen LogP contribution in [0.4, 0.5) is 0 Å². The van der Waals surface area contributed by atoms with Crippen LogP contribution in [0.25, 0.3) is 32.7 Å². The predicted octanol–water partition coefficient (Wildman–Crippen LogP) is 9.29. The molecule has 0 fully saturated rings. The first-order valence-electron chi connectivity index (χ1n) is 11.5. The van der Waals surface area contributed by atoms with E-state index in [1.165, 1.54) is 32.7 Å². The molecule has 0 bridgehead atoms. The fourth-order valence-electron chi connectivity index (χ4n) is 5.31. The van der Waals surface area contributed by atoms with E-state index in [9.17, 15) is 0 Å². The first kappa shape index (κ1) is 19.6. The van der Waals surface area contributed by atoms with Gasteiger partial charge in [0.1, 0.15) is 0 Å². The SMILES string of the molecule is CC1(C)c2ccccc2-c2cc3c(cc21)Oc1cccc(-c2cccc(-c4cccs4)c2)c1O3. The number of para-hydroxylation sites is 1. The van der Waals surface area contributed by atoms with E-state index in [0.717, 1.165) is 34.1 Å². The van der Waals surface area contributed by atoms with Gasteiger partial charge in [0.25, 0.3) is 0 Å². The van der Waals surface area contributed by atoms with Crippen molar-refractivity contribution < 1.29 is 9.47 Å². The molecular weight excluding hydrogens is 436 g/mol. The van der Waals surface area contributed by atoms with Crippen molar-refractivity contribution >= 4 is 11.3 Å². The number of ether oxygens (including phenoxy) is 2. The number of hydrogen-bond donors (Lipinski definition) is 0. The molecule has 0 amide bonds. The highest BCUT2D eigenvalue weighted by Gasteiger charge is 2.37. The summed E-state index contributed by atoms with van der Waals surface area (Å²) in [5, 5.41) is 2.11. The molecule has 1 aliphatic carbocycles. The van der Waals surface area contributed by atoms with Gasteiger partial charge in [0, 0.05) is 15.9 Å². The van der Waals surface area contributed by atoms with Crippen molar-refractivity contribution in [2.75, 3.05) is 0 Å². The Hall–Kier alpha value is -3.82. The molecule has 5 aromatic rings. The molecule has 34 heavy (non-hydrogen) atoms. The zero-order valence-electron chi connectivity index (χ0n) is 19.0. The van der Waals surface area contributed by atoms with Crippen molar-refractivity contribution in [1.29, 1.82) is 0 Å². The topological polar surface area (TPSA) is 18.5 Å². The zero-order valence-corrected chi connectivity index (χ0v) is 19.8. The lowest BCUT2D eigenvalue weighted by atomic mass is 9.82. The maximum atomic E-state index is 6.58. The van der Waals surface area contributed by atoms with Crippen molar-refractivity contribution in [2.24, 2.45) is 0 Å². The standard InChI is InChI=1S/C31H22O2S/c1-31(2)24-12-4-3-10-22(24)23-17-27-28(18-25(23)31)32-26-13-6-11-21(30(26)33-27)19-8-5-9-20(16-19)29-14-7-15-34-29/h3-18H,1-2H3. The van der Waals surface area contributed by atoms with Gasteiger partial charge in [-0.2, -0.15) is 0 Å². The lowest BCUT2D eigenvalue weighted by Crippen LogP contribution is -2.15. The molecule has 0 spiro atoms. The maximum absolute atomic E-state index is 6.58. The van der Waals surface area contributed by atoms with E-state index < -0.39 is 0 Å². The number of rotatable bonds is 2. The lowest BCUT2D eigenvalue weighted by Gasteiger charge is -2.26. The van der Waals surface area contributed by atoms with Gasteiger partial charge in [0.2, 0.25) is 0 Å². The second kappa shape index (κ2) is 7.09. The molecule has 0 radical (unpaired) electrons. The molecule has 0 saturated heterocycles. The van der Waals surface area contributed by atoms with Crippen LogP contribution in [0, 0.1) is 0 Å². The Morgan fingerprint density at radius 2 is 1.38 bits per heavy atom. The van der Waals surface area contributed by atoms with Crippen molar-refractivity contribution in [3.05, 3.63) is 108 Å². The quantitative estimate of drug-likeness (QED) is 0.257.